The molecule has 1 amide bonds. The summed E-state index contributed by atoms with van der Waals surface area (Å²) < 4.78 is 18.7. The Kier molecular flexibility index (Phi) is 10.7. The molecule has 0 heterocycles. The van der Waals surface area contributed by atoms with E-state index in [1.54, 1.807) is 18.2 Å². The summed E-state index contributed by atoms with van der Waals surface area (Å²) in [5, 5.41) is 12.2. The molecule has 29 heavy (non-hydrogen) atoms. The number of carbonyl (C=O) groups is 1. The van der Waals surface area contributed by atoms with E-state index in [-0.39, 0.29) is 24.7 Å². The van der Waals surface area contributed by atoms with Crippen molar-refractivity contribution in [2.75, 3.05) is 13.2 Å². The van der Waals surface area contributed by atoms with E-state index in [4.69, 9.17) is 20.4 Å². The number of phosphoric ester groups is 1. The molecule has 0 aromatic heterocycles. The molecular formula is C18H25N2O8P. The molecule has 0 atom stereocenters. The van der Waals surface area contributed by atoms with Gasteiger partial charge in [-0.05, 0) is 36.6 Å². The molecule has 0 saturated carbocycles. The number of ether oxygens (including phenoxy) is 1. The van der Waals surface area contributed by atoms with Crippen LogP contribution in [0.25, 0.3) is 0 Å². The van der Waals surface area contributed by atoms with Crippen LogP contribution in [0.3, 0.4) is 0 Å². The summed E-state index contributed by atoms with van der Waals surface area (Å²) in [5.41, 5.74) is 1.78. The number of amides is 1. The van der Waals surface area contributed by atoms with Gasteiger partial charge in [-0.2, -0.15) is 5.90 Å². The monoisotopic (exact) mass is 428 g/mol. The second-order valence-corrected chi connectivity index (χ2v) is 6.81. The van der Waals surface area contributed by atoms with Crippen LogP contribution in [0.1, 0.15) is 18.1 Å². The Morgan fingerprint density at radius 1 is 1.14 bits per heavy atom. The number of hydrogen-bond acceptors (Lipinski definition) is 7. The van der Waals surface area contributed by atoms with Gasteiger partial charge in [-0.1, -0.05) is 36.4 Å². The van der Waals surface area contributed by atoms with Crippen LogP contribution in [-0.2, 0) is 26.9 Å². The number of benzene rings is 2. The van der Waals surface area contributed by atoms with E-state index in [9.17, 15) is 14.5 Å². The second kappa shape index (κ2) is 12.8. The van der Waals surface area contributed by atoms with Crippen molar-refractivity contribution in [1.82, 2.24) is 5.32 Å². The number of phosphoric acid groups is 1. The lowest BCUT2D eigenvalue weighted by Crippen LogP contribution is -2.26. The molecule has 0 fully saturated rings. The van der Waals surface area contributed by atoms with Crippen LogP contribution < -0.4 is 16.1 Å². The SMILES string of the molecule is CCOP(=O)(O)O.NOc1ccc(CCNC(=O)OCc2ccccc2)cc1O. The van der Waals surface area contributed by atoms with Crippen molar-refractivity contribution in [2.24, 2.45) is 5.90 Å². The predicted molar refractivity (Wildman–Crippen MR) is 105 cm³/mol. The number of alkyl carbamates (subject to hydrolysis) is 1. The number of nitrogens with two attached hydrogens (primary N) is 1. The third-order valence-corrected chi connectivity index (χ3v) is 3.94. The van der Waals surface area contributed by atoms with Crippen molar-refractivity contribution >= 4 is 13.9 Å². The first kappa shape index (κ1) is 24.4. The van der Waals surface area contributed by atoms with Crippen molar-refractivity contribution < 1.29 is 38.4 Å². The van der Waals surface area contributed by atoms with Crippen molar-refractivity contribution in [1.29, 1.82) is 0 Å². The number of phenolic OH excluding ortho intramolecular Hbond substituents is 1. The Labute approximate surface area is 168 Å². The maximum Gasteiger partial charge on any atom is 0.469 e. The summed E-state index contributed by atoms with van der Waals surface area (Å²) in [5.74, 6) is 5.16. The summed E-state index contributed by atoms with van der Waals surface area (Å²) in [6.07, 6.45) is 0.0775. The molecule has 2 rings (SSSR count). The fourth-order valence-electron chi connectivity index (χ4n) is 2.07. The molecule has 0 radical (unpaired) electrons. The lowest BCUT2D eigenvalue weighted by molar-refractivity contribution is 0.140. The van der Waals surface area contributed by atoms with Crippen molar-refractivity contribution in [2.45, 2.75) is 20.0 Å². The smallest absolute Gasteiger partial charge is 0.469 e. The molecular weight excluding hydrogens is 403 g/mol. The largest absolute Gasteiger partial charge is 0.504 e. The van der Waals surface area contributed by atoms with Gasteiger partial charge >= 0.3 is 13.9 Å². The number of carbonyl (C=O) groups excluding carboxylic acids is 1. The number of phenols is 1. The Balaban J connectivity index is 0.000000516. The Morgan fingerprint density at radius 2 is 1.83 bits per heavy atom. The zero-order valence-corrected chi connectivity index (χ0v) is 16.7. The van der Waals surface area contributed by atoms with E-state index in [0.717, 1.165) is 11.1 Å². The molecule has 0 aliphatic heterocycles. The molecule has 6 N–H and O–H groups in total. The summed E-state index contributed by atoms with van der Waals surface area (Å²) >= 11 is 0. The second-order valence-electron chi connectivity index (χ2n) is 5.57. The van der Waals surface area contributed by atoms with Gasteiger partial charge in [-0.15, -0.1) is 0 Å². The van der Waals surface area contributed by atoms with E-state index in [2.05, 4.69) is 14.7 Å². The summed E-state index contributed by atoms with van der Waals surface area (Å²) in [4.78, 5) is 31.8. The lowest BCUT2D eigenvalue weighted by atomic mass is 10.1. The van der Waals surface area contributed by atoms with Gasteiger partial charge < -0.3 is 29.8 Å². The maximum absolute atomic E-state index is 11.6. The standard InChI is InChI=1S/C16H18N2O4.C2H7O4P/c17-22-15-7-6-12(10-14(15)19)8-9-18-16(20)21-11-13-4-2-1-3-5-13;1-2-6-7(3,4)5/h1-7,10,19H,8-9,11,17H2,(H,18,20);2H2,1H3,(H2,3,4,5). The fraction of sp³-hybridized carbons (Fsp3) is 0.278. The van der Waals surface area contributed by atoms with Gasteiger partial charge in [0.25, 0.3) is 0 Å². The topological polar surface area (TPSA) is 161 Å². The normalized spacial score (nSPS) is 10.5. The molecule has 0 saturated heterocycles. The van der Waals surface area contributed by atoms with Crippen molar-refractivity contribution in [3.05, 3.63) is 59.7 Å². The zero-order valence-electron chi connectivity index (χ0n) is 15.9. The number of hydrogen-bond donors (Lipinski definition) is 5. The number of rotatable bonds is 8. The van der Waals surface area contributed by atoms with Gasteiger partial charge in [0, 0.05) is 6.54 Å². The molecule has 0 bridgehead atoms. The van der Waals surface area contributed by atoms with Gasteiger partial charge in [0.2, 0.25) is 0 Å². The minimum Gasteiger partial charge on any atom is -0.504 e. The quantitative estimate of drug-likeness (QED) is 0.314. The molecule has 0 aliphatic carbocycles. The zero-order chi connectivity index (χ0) is 21.7. The van der Waals surface area contributed by atoms with Crippen LogP contribution >= 0.6 is 7.82 Å². The number of nitrogens with one attached hydrogen (secondary N) is 1. The van der Waals surface area contributed by atoms with Gasteiger partial charge in [0.15, 0.2) is 11.5 Å². The van der Waals surface area contributed by atoms with Gasteiger partial charge in [0.1, 0.15) is 6.61 Å². The van der Waals surface area contributed by atoms with Crippen LogP contribution in [0, 0.1) is 0 Å². The van der Waals surface area contributed by atoms with Crippen LogP contribution in [0.15, 0.2) is 48.5 Å². The van der Waals surface area contributed by atoms with Gasteiger partial charge in [-0.25, -0.2) is 9.36 Å². The first-order chi connectivity index (χ1) is 13.7. The lowest BCUT2D eigenvalue weighted by Gasteiger charge is -2.08. The first-order valence-corrected chi connectivity index (χ1v) is 10.1. The van der Waals surface area contributed by atoms with Crippen LogP contribution in [0.4, 0.5) is 4.79 Å². The molecule has 2 aromatic rings. The first-order valence-electron chi connectivity index (χ1n) is 8.58. The van der Waals surface area contributed by atoms with E-state index in [0.29, 0.717) is 13.0 Å². The Bertz CT molecular complexity index is 798. The van der Waals surface area contributed by atoms with Gasteiger partial charge in [0.05, 0.1) is 6.61 Å². The predicted octanol–water partition coefficient (Wildman–Crippen LogP) is 2.23. The maximum atomic E-state index is 11.6. The molecule has 0 unspecified atom stereocenters. The fourth-order valence-corrected chi connectivity index (χ4v) is 2.41. The summed E-state index contributed by atoms with van der Waals surface area (Å²) in [6.45, 7) is 2.19. The summed E-state index contributed by atoms with van der Waals surface area (Å²) in [7, 11) is -4.17. The van der Waals surface area contributed by atoms with Crippen LogP contribution in [0.2, 0.25) is 0 Å². The van der Waals surface area contributed by atoms with E-state index >= 15 is 0 Å². The average Bonchev–Trinajstić information content (AvgIpc) is 2.67. The van der Waals surface area contributed by atoms with Crippen LogP contribution in [-0.4, -0.2) is 34.1 Å². The molecule has 2 aromatic carbocycles. The molecule has 160 valence electrons. The average molecular weight is 428 g/mol. The Hall–Kier alpha value is -2.62. The molecule has 0 spiro atoms. The number of aromatic hydroxyl groups is 1. The third kappa shape index (κ3) is 11.1. The van der Waals surface area contributed by atoms with Crippen molar-refractivity contribution in [3.8, 4) is 11.5 Å². The highest BCUT2D eigenvalue weighted by Crippen LogP contribution is 2.34. The highest BCUT2D eigenvalue weighted by Gasteiger charge is 2.10. The van der Waals surface area contributed by atoms with Crippen molar-refractivity contribution in [3.63, 3.8) is 0 Å². The molecule has 10 nitrogen and oxygen atoms in total. The Morgan fingerprint density at radius 3 is 2.34 bits per heavy atom. The van der Waals surface area contributed by atoms with E-state index in [1.165, 1.54) is 6.92 Å². The third-order valence-electron chi connectivity index (χ3n) is 3.34. The van der Waals surface area contributed by atoms with E-state index in [1.807, 2.05) is 30.3 Å². The summed E-state index contributed by atoms with van der Waals surface area (Å²) in [6, 6.07) is 14.3. The minimum absolute atomic E-state index is 0.0355. The molecule has 11 heteroatoms. The van der Waals surface area contributed by atoms with Gasteiger partial charge in [-0.3, -0.25) is 4.52 Å². The molecule has 0 aliphatic rings. The minimum atomic E-state index is -4.17. The highest BCUT2D eigenvalue weighted by molar-refractivity contribution is 7.46. The van der Waals surface area contributed by atoms with E-state index < -0.39 is 13.9 Å². The van der Waals surface area contributed by atoms with Crippen LogP contribution in [0.5, 0.6) is 11.5 Å². The highest BCUT2D eigenvalue weighted by atomic mass is 31.2.